The van der Waals surface area contributed by atoms with Gasteiger partial charge in [0, 0.05) is 5.38 Å². The number of anilines is 1. The van der Waals surface area contributed by atoms with Crippen LogP contribution in [-0.2, 0) is 4.79 Å². The lowest BCUT2D eigenvalue weighted by Gasteiger charge is -2.11. The Kier molecular flexibility index (Phi) is 4.24. The fraction of sp³-hybridized carbons (Fsp3) is 0.444. The molecule has 0 aliphatic carbocycles. The molecular formula is C9H13N3O3S. The number of nitrogens with zero attached hydrogens (tertiary/aromatic N) is 1. The molecule has 88 valence electrons. The van der Waals surface area contributed by atoms with Crippen LogP contribution in [0.4, 0.5) is 9.93 Å². The van der Waals surface area contributed by atoms with E-state index in [9.17, 15) is 9.59 Å². The number of urea groups is 1. The summed E-state index contributed by atoms with van der Waals surface area (Å²) < 4.78 is 0. The largest absolute Gasteiger partial charge is 0.480 e. The molecule has 0 saturated carbocycles. The van der Waals surface area contributed by atoms with Gasteiger partial charge < -0.3 is 10.4 Å². The van der Waals surface area contributed by atoms with Crippen molar-refractivity contribution in [3.63, 3.8) is 0 Å². The minimum atomic E-state index is -1.05. The number of aromatic nitrogens is 1. The Morgan fingerprint density at radius 2 is 2.31 bits per heavy atom. The number of aliphatic carboxylic acids is 1. The lowest BCUT2D eigenvalue weighted by Crippen LogP contribution is -2.42. The first-order chi connectivity index (χ1) is 7.52. The molecule has 2 amide bonds. The van der Waals surface area contributed by atoms with E-state index in [4.69, 9.17) is 5.11 Å². The summed E-state index contributed by atoms with van der Waals surface area (Å²) in [7, 11) is 0. The SMILES string of the molecule is CC[C@H](NC(=O)Nc1nc(C)cs1)C(=O)O. The molecule has 1 atom stereocenters. The quantitative estimate of drug-likeness (QED) is 0.746. The monoisotopic (exact) mass is 243 g/mol. The van der Waals surface area contributed by atoms with Crippen LogP contribution in [-0.4, -0.2) is 28.1 Å². The second kappa shape index (κ2) is 5.45. The highest BCUT2D eigenvalue weighted by molar-refractivity contribution is 7.13. The number of hydrogen-bond donors (Lipinski definition) is 3. The zero-order valence-electron chi connectivity index (χ0n) is 8.98. The summed E-state index contributed by atoms with van der Waals surface area (Å²) in [6.07, 6.45) is 0.333. The van der Waals surface area contributed by atoms with Gasteiger partial charge in [0.05, 0.1) is 5.69 Å². The van der Waals surface area contributed by atoms with E-state index in [1.807, 2.05) is 6.92 Å². The molecule has 3 N–H and O–H groups in total. The number of carbonyl (C=O) groups is 2. The fourth-order valence-electron chi connectivity index (χ4n) is 1.04. The lowest BCUT2D eigenvalue weighted by molar-refractivity contribution is -0.139. The molecule has 6 nitrogen and oxygen atoms in total. The van der Waals surface area contributed by atoms with E-state index in [1.165, 1.54) is 11.3 Å². The van der Waals surface area contributed by atoms with Crippen LogP contribution in [0.1, 0.15) is 19.0 Å². The standard InChI is InChI=1S/C9H13N3O3S/c1-3-6(7(13)14)11-8(15)12-9-10-5(2)4-16-9/h4,6H,3H2,1-2H3,(H,13,14)(H2,10,11,12,15)/t6-/m0/s1. The second-order valence-corrected chi connectivity index (χ2v) is 4.05. The number of hydrogen-bond acceptors (Lipinski definition) is 4. The van der Waals surface area contributed by atoms with Gasteiger partial charge in [-0.2, -0.15) is 0 Å². The Hall–Kier alpha value is -1.63. The molecule has 0 spiro atoms. The van der Waals surface area contributed by atoms with E-state index in [-0.39, 0.29) is 0 Å². The number of carbonyl (C=O) groups excluding carboxylic acids is 1. The van der Waals surface area contributed by atoms with Gasteiger partial charge in [-0.3, -0.25) is 5.32 Å². The Bertz CT molecular complexity index is 391. The van der Waals surface area contributed by atoms with Gasteiger partial charge in [-0.05, 0) is 13.3 Å². The summed E-state index contributed by atoms with van der Waals surface area (Å²) in [4.78, 5) is 26.1. The predicted octanol–water partition coefficient (Wildman–Crippen LogP) is 1.44. The van der Waals surface area contributed by atoms with Crippen LogP contribution in [0, 0.1) is 6.92 Å². The number of aryl methyl sites for hydroxylation is 1. The molecule has 0 aliphatic heterocycles. The number of thiazole rings is 1. The van der Waals surface area contributed by atoms with E-state index >= 15 is 0 Å². The molecule has 0 saturated heterocycles. The molecule has 1 aromatic heterocycles. The second-order valence-electron chi connectivity index (χ2n) is 3.19. The number of carboxylic acids is 1. The van der Waals surface area contributed by atoms with E-state index < -0.39 is 18.0 Å². The first-order valence-electron chi connectivity index (χ1n) is 4.75. The van der Waals surface area contributed by atoms with Crippen LogP contribution in [0.25, 0.3) is 0 Å². The maximum absolute atomic E-state index is 11.4. The first kappa shape index (κ1) is 12.4. The zero-order valence-corrected chi connectivity index (χ0v) is 9.80. The van der Waals surface area contributed by atoms with Crippen molar-refractivity contribution in [3.05, 3.63) is 11.1 Å². The van der Waals surface area contributed by atoms with Crippen LogP contribution >= 0.6 is 11.3 Å². The molecule has 0 aliphatic rings. The maximum atomic E-state index is 11.4. The van der Waals surface area contributed by atoms with Crippen molar-refractivity contribution >= 4 is 28.5 Å². The van der Waals surface area contributed by atoms with Gasteiger partial charge >= 0.3 is 12.0 Å². The van der Waals surface area contributed by atoms with Crippen LogP contribution in [0.5, 0.6) is 0 Å². The van der Waals surface area contributed by atoms with E-state index in [2.05, 4.69) is 15.6 Å². The van der Waals surface area contributed by atoms with Crippen LogP contribution in [0.3, 0.4) is 0 Å². The Morgan fingerprint density at radius 1 is 1.62 bits per heavy atom. The first-order valence-corrected chi connectivity index (χ1v) is 5.63. The van der Waals surface area contributed by atoms with Gasteiger partial charge in [-0.15, -0.1) is 11.3 Å². The van der Waals surface area contributed by atoms with Crippen LogP contribution < -0.4 is 10.6 Å². The van der Waals surface area contributed by atoms with Gasteiger partial charge in [0.2, 0.25) is 0 Å². The van der Waals surface area contributed by atoms with Gasteiger partial charge in [0.25, 0.3) is 0 Å². The fourth-order valence-corrected chi connectivity index (χ4v) is 1.72. The van der Waals surface area contributed by atoms with Gasteiger partial charge in [0.15, 0.2) is 5.13 Å². The molecule has 0 aromatic carbocycles. The third-order valence-electron chi connectivity index (χ3n) is 1.85. The highest BCUT2D eigenvalue weighted by Gasteiger charge is 2.17. The normalized spacial score (nSPS) is 11.9. The summed E-state index contributed by atoms with van der Waals surface area (Å²) in [5, 5.41) is 15.8. The van der Waals surface area contributed by atoms with E-state index in [1.54, 1.807) is 12.3 Å². The molecule has 1 heterocycles. The predicted molar refractivity (Wildman–Crippen MR) is 60.7 cm³/mol. The Balaban J connectivity index is 2.50. The number of rotatable bonds is 4. The minimum absolute atomic E-state index is 0.333. The molecule has 0 fully saturated rings. The third-order valence-corrected chi connectivity index (χ3v) is 2.73. The van der Waals surface area contributed by atoms with E-state index in [0.717, 1.165) is 5.69 Å². The smallest absolute Gasteiger partial charge is 0.326 e. The number of amides is 2. The molecule has 1 rings (SSSR count). The molecule has 0 bridgehead atoms. The van der Waals surface area contributed by atoms with Gasteiger partial charge in [-0.25, -0.2) is 14.6 Å². The van der Waals surface area contributed by atoms with Crippen molar-refractivity contribution in [2.45, 2.75) is 26.3 Å². The van der Waals surface area contributed by atoms with Crippen LogP contribution in [0.2, 0.25) is 0 Å². The zero-order chi connectivity index (χ0) is 12.1. The van der Waals surface area contributed by atoms with Crippen LogP contribution in [0.15, 0.2) is 5.38 Å². The van der Waals surface area contributed by atoms with Gasteiger partial charge in [-0.1, -0.05) is 6.92 Å². The minimum Gasteiger partial charge on any atom is -0.480 e. The average Bonchev–Trinajstić information content (AvgIpc) is 2.60. The van der Waals surface area contributed by atoms with Gasteiger partial charge in [0.1, 0.15) is 6.04 Å². The van der Waals surface area contributed by atoms with Crippen molar-refractivity contribution in [3.8, 4) is 0 Å². The maximum Gasteiger partial charge on any atom is 0.326 e. The topological polar surface area (TPSA) is 91.3 Å². The highest BCUT2D eigenvalue weighted by Crippen LogP contribution is 2.13. The average molecular weight is 243 g/mol. The van der Waals surface area contributed by atoms with Crippen molar-refractivity contribution in [1.29, 1.82) is 0 Å². The summed E-state index contributed by atoms with van der Waals surface area (Å²) in [6.45, 7) is 3.50. The summed E-state index contributed by atoms with van der Waals surface area (Å²) in [5.41, 5.74) is 0.811. The highest BCUT2D eigenvalue weighted by atomic mass is 32.1. The summed E-state index contributed by atoms with van der Waals surface area (Å²) in [6, 6.07) is -1.43. The van der Waals surface area contributed by atoms with Crippen molar-refractivity contribution < 1.29 is 14.7 Å². The Labute approximate surface area is 96.7 Å². The number of carboxylic acid groups (broad SMARTS) is 1. The summed E-state index contributed by atoms with van der Waals surface area (Å²) in [5.74, 6) is -1.05. The number of nitrogens with one attached hydrogen (secondary N) is 2. The Morgan fingerprint density at radius 3 is 2.75 bits per heavy atom. The summed E-state index contributed by atoms with van der Waals surface area (Å²) >= 11 is 1.29. The van der Waals surface area contributed by atoms with Crippen molar-refractivity contribution in [1.82, 2.24) is 10.3 Å². The molecule has 1 aromatic rings. The lowest BCUT2D eigenvalue weighted by atomic mass is 10.2. The molecule has 0 radical (unpaired) electrons. The molecule has 0 unspecified atom stereocenters. The van der Waals surface area contributed by atoms with Crippen molar-refractivity contribution in [2.24, 2.45) is 0 Å². The third kappa shape index (κ3) is 3.50. The van der Waals surface area contributed by atoms with Crippen molar-refractivity contribution in [2.75, 3.05) is 5.32 Å². The molecule has 16 heavy (non-hydrogen) atoms. The molecular weight excluding hydrogens is 230 g/mol. The molecule has 7 heteroatoms. The van der Waals surface area contributed by atoms with E-state index in [0.29, 0.717) is 11.6 Å².